The topological polar surface area (TPSA) is 102 Å². The fourth-order valence-corrected chi connectivity index (χ4v) is 4.23. The molecule has 2 N–H and O–H groups in total. The Bertz CT molecular complexity index is 810. The van der Waals surface area contributed by atoms with Gasteiger partial charge in [-0.3, -0.25) is 15.1 Å². The Kier molecular flexibility index (Phi) is 7.02. The molecule has 28 heavy (non-hydrogen) atoms. The number of rotatable bonds is 6. The summed E-state index contributed by atoms with van der Waals surface area (Å²) in [6, 6.07) is 3.46. The highest BCUT2D eigenvalue weighted by molar-refractivity contribution is 7.99. The molecule has 1 fully saturated rings. The quantitative estimate of drug-likeness (QED) is 0.721. The summed E-state index contributed by atoms with van der Waals surface area (Å²) in [6.07, 6.45) is 7.81. The molecule has 1 saturated carbocycles. The molecule has 1 aliphatic carbocycles. The number of nitrogens with one attached hydrogen (secondary N) is 2. The van der Waals surface area contributed by atoms with Crippen molar-refractivity contribution >= 4 is 23.7 Å². The highest BCUT2D eigenvalue weighted by Crippen LogP contribution is 2.24. The number of carbonyl (C=O) groups excluding carboxylic acids is 2. The van der Waals surface area contributed by atoms with Crippen LogP contribution < -0.4 is 10.6 Å². The third kappa shape index (κ3) is 5.09. The molecular formula is C19H26N6O2S. The van der Waals surface area contributed by atoms with E-state index < -0.39 is 6.03 Å². The molecule has 1 aliphatic rings. The number of thioether (sulfide) groups is 1. The van der Waals surface area contributed by atoms with Crippen LogP contribution in [0.4, 0.5) is 4.79 Å². The lowest BCUT2D eigenvalue weighted by molar-refractivity contribution is -0.117. The highest BCUT2D eigenvalue weighted by Gasteiger charge is 2.23. The van der Waals surface area contributed by atoms with Gasteiger partial charge in [-0.1, -0.05) is 31.5 Å². The van der Waals surface area contributed by atoms with E-state index in [-0.39, 0.29) is 17.7 Å². The summed E-state index contributed by atoms with van der Waals surface area (Å²) >= 11 is 1.27. The monoisotopic (exact) mass is 402 g/mol. The Morgan fingerprint density at radius 1 is 1.21 bits per heavy atom. The average Bonchev–Trinajstić information content (AvgIpc) is 3.11. The summed E-state index contributed by atoms with van der Waals surface area (Å²) in [5.41, 5.74) is 0.918. The van der Waals surface area contributed by atoms with Crippen LogP contribution in [0.15, 0.2) is 29.7 Å². The van der Waals surface area contributed by atoms with E-state index in [1.54, 1.807) is 12.4 Å². The minimum atomic E-state index is -0.418. The maximum atomic E-state index is 12.2. The molecule has 0 unspecified atom stereocenters. The van der Waals surface area contributed by atoms with Crippen molar-refractivity contribution < 1.29 is 9.59 Å². The number of urea groups is 1. The molecule has 2 aromatic heterocycles. The molecule has 0 radical (unpaired) electrons. The number of amides is 3. The van der Waals surface area contributed by atoms with E-state index in [2.05, 4.69) is 32.7 Å². The molecule has 0 bridgehead atoms. The summed E-state index contributed by atoms with van der Waals surface area (Å²) in [4.78, 5) is 28.3. The van der Waals surface area contributed by atoms with Gasteiger partial charge < -0.3 is 9.88 Å². The minimum absolute atomic E-state index is 0.0993. The summed E-state index contributed by atoms with van der Waals surface area (Å²) < 4.78 is 1.94. The third-order valence-electron chi connectivity index (χ3n) is 4.98. The Balaban J connectivity index is 1.53. The number of hydrogen-bond acceptors (Lipinski definition) is 6. The van der Waals surface area contributed by atoms with E-state index >= 15 is 0 Å². The van der Waals surface area contributed by atoms with Crippen molar-refractivity contribution in [2.24, 2.45) is 5.92 Å². The van der Waals surface area contributed by atoms with Crippen LogP contribution in [0.3, 0.4) is 0 Å². The smallest absolute Gasteiger partial charge is 0.321 e. The number of carbonyl (C=O) groups is 2. The summed E-state index contributed by atoms with van der Waals surface area (Å²) in [7, 11) is 0. The van der Waals surface area contributed by atoms with Crippen LogP contribution in [-0.4, -0.2) is 43.5 Å². The van der Waals surface area contributed by atoms with Gasteiger partial charge >= 0.3 is 6.03 Å². The molecule has 2 heterocycles. The van der Waals surface area contributed by atoms with Crippen LogP contribution in [-0.2, 0) is 11.3 Å². The predicted molar refractivity (Wildman–Crippen MR) is 108 cm³/mol. The first-order chi connectivity index (χ1) is 13.6. The van der Waals surface area contributed by atoms with Crippen LogP contribution in [0, 0.1) is 5.92 Å². The van der Waals surface area contributed by atoms with Gasteiger partial charge in [-0.2, -0.15) is 0 Å². The molecule has 9 heteroatoms. The van der Waals surface area contributed by atoms with Crippen molar-refractivity contribution in [3.05, 3.63) is 24.5 Å². The molecule has 0 aliphatic heterocycles. The average molecular weight is 403 g/mol. The fourth-order valence-electron chi connectivity index (χ4n) is 3.42. The van der Waals surface area contributed by atoms with Gasteiger partial charge in [0.2, 0.25) is 5.91 Å². The number of pyridine rings is 1. The normalized spacial score (nSPS) is 19.2. The maximum absolute atomic E-state index is 12.2. The van der Waals surface area contributed by atoms with Crippen LogP contribution >= 0.6 is 11.8 Å². The highest BCUT2D eigenvalue weighted by atomic mass is 32.2. The molecule has 3 amide bonds. The minimum Gasteiger partial charge on any atom is -0.335 e. The first-order valence-corrected chi connectivity index (χ1v) is 10.6. The predicted octanol–water partition coefficient (Wildman–Crippen LogP) is 2.86. The zero-order valence-corrected chi connectivity index (χ0v) is 17.0. The molecule has 2 atom stereocenters. The van der Waals surface area contributed by atoms with Crippen molar-refractivity contribution in [1.29, 1.82) is 0 Å². The van der Waals surface area contributed by atoms with Crippen LogP contribution in [0.25, 0.3) is 11.4 Å². The van der Waals surface area contributed by atoms with Crippen molar-refractivity contribution in [2.45, 2.75) is 57.3 Å². The Morgan fingerprint density at radius 2 is 1.96 bits per heavy atom. The van der Waals surface area contributed by atoms with E-state index in [0.717, 1.165) is 30.7 Å². The first kappa shape index (κ1) is 20.3. The Hall–Kier alpha value is -2.42. The van der Waals surface area contributed by atoms with Gasteiger partial charge in [0, 0.05) is 30.5 Å². The number of nitrogens with zero attached hydrogens (tertiary/aromatic N) is 4. The number of imide groups is 1. The SMILES string of the molecule is CCn1c(SCC(=O)NC(=O)N[C@H]2CCCC[C@@H]2C)nnc1-c1ccncc1. The molecule has 0 spiro atoms. The number of aromatic nitrogens is 4. The summed E-state index contributed by atoms with van der Waals surface area (Å²) in [5, 5.41) is 14.4. The molecule has 0 aromatic carbocycles. The van der Waals surface area contributed by atoms with Crippen LogP contribution in [0.1, 0.15) is 39.5 Å². The van der Waals surface area contributed by atoms with Crippen molar-refractivity contribution in [3.8, 4) is 11.4 Å². The zero-order valence-electron chi connectivity index (χ0n) is 16.2. The van der Waals surface area contributed by atoms with E-state index in [0.29, 0.717) is 17.6 Å². The van der Waals surface area contributed by atoms with Crippen molar-refractivity contribution in [3.63, 3.8) is 0 Å². The summed E-state index contributed by atoms with van der Waals surface area (Å²) in [5.74, 6) is 0.930. The Morgan fingerprint density at radius 3 is 2.68 bits per heavy atom. The van der Waals surface area contributed by atoms with E-state index in [4.69, 9.17) is 0 Å². The molecule has 8 nitrogen and oxygen atoms in total. The van der Waals surface area contributed by atoms with E-state index in [9.17, 15) is 9.59 Å². The largest absolute Gasteiger partial charge is 0.335 e. The van der Waals surface area contributed by atoms with Gasteiger partial charge in [-0.25, -0.2) is 4.79 Å². The van der Waals surface area contributed by atoms with E-state index in [1.165, 1.54) is 18.2 Å². The second kappa shape index (κ2) is 9.68. The van der Waals surface area contributed by atoms with Gasteiger partial charge in [-0.15, -0.1) is 10.2 Å². The lowest BCUT2D eigenvalue weighted by atomic mass is 9.86. The van der Waals surface area contributed by atoms with E-state index in [1.807, 2.05) is 23.6 Å². The van der Waals surface area contributed by atoms with Crippen molar-refractivity contribution in [2.75, 3.05) is 5.75 Å². The van der Waals surface area contributed by atoms with Crippen LogP contribution in [0.2, 0.25) is 0 Å². The Labute approximate surface area is 168 Å². The lowest BCUT2D eigenvalue weighted by Gasteiger charge is -2.29. The molecule has 150 valence electrons. The van der Waals surface area contributed by atoms with Gasteiger partial charge in [0.25, 0.3) is 0 Å². The molecular weight excluding hydrogens is 376 g/mol. The van der Waals surface area contributed by atoms with Crippen molar-refractivity contribution in [1.82, 2.24) is 30.4 Å². The molecule has 2 aromatic rings. The maximum Gasteiger partial charge on any atom is 0.321 e. The third-order valence-corrected chi connectivity index (χ3v) is 5.95. The van der Waals surface area contributed by atoms with Gasteiger partial charge in [-0.05, 0) is 37.8 Å². The molecule has 0 saturated heterocycles. The fraction of sp³-hybridized carbons (Fsp3) is 0.526. The first-order valence-electron chi connectivity index (χ1n) is 9.65. The standard InChI is InChI=1S/C19H26N6O2S/c1-3-25-17(14-8-10-20-11-9-14)23-24-19(25)28-12-16(26)22-18(27)21-15-7-5-4-6-13(15)2/h8-11,13,15H,3-7,12H2,1-2H3,(H2,21,22,26,27)/t13-,15-/m0/s1. The van der Waals surface area contributed by atoms with Gasteiger partial charge in [0.1, 0.15) is 0 Å². The summed E-state index contributed by atoms with van der Waals surface area (Å²) in [6.45, 7) is 4.81. The number of hydrogen-bond donors (Lipinski definition) is 2. The second-order valence-electron chi connectivity index (χ2n) is 6.96. The van der Waals surface area contributed by atoms with Gasteiger partial charge in [0.15, 0.2) is 11.0 Å². The second-order valence-corrected chi connectivity index (χ2v) is 7.91. The lowest BCUT2D eigenvalue weighted by Crippen LogP contribution is -2.48. The van der Waals surface area contributed by atoms with Gasteiger partial charge in [0.05, 0.1) is 5.75 Å². The molecule has 3 rings (SSSR count). The zero-order chi connectivity index (χ0) is 19.9. The van der Waals surface area contributed by atoms with Crippen LogP contribution in [0.5, 0.6) is 0 Å².